The van der Waals surface area contributed by atoms with Gasteiger partial charge in [0.1, 0.15) is 16.5 Å². The summed E-state index contributed by atoms with van der Waals surface area (Å²) in [5, 5.41) is 3.88. The van der Waals surface area contributed by atoms with Crippen LogP contribution >= 0.6 is 0 Å². The molecule has 4 heterocycles. The van der Waals surface area contributed by atoms with Gasteiger partial charge in [-0.1, -0.05) is 4.47 Å². The lowest BCUT2D eigenvalue weighted by molar-refractivity contribution is -0.199. The van der Waals surface area contributed by atoms with Crippen molar-refractivity contribution in [2.24, 2.45) is 0 Å². The summed E-state index contributed by atoms with van der Waals surface area (Å²) in [5.74, 6) is -6.34. The second-order valence-electron chi connectivity index (χ2n) is 9.10. The Balaban J connectivity index is 1.66. The molecule has 4 aromatic rings. The Kier molecular flexibility index (Phi) is 8.02. The number of carbonyl (C=O) groups is 1. The molecule has 3 aromatic heterocycles. The van der Waals surface area contributed by atoms with Gasteiger partial charge in [0.2, 0.25) is 5.88 Å². The summed E-state index contributed by atoms with van der Waals surface area (Å²) in [4.78, 5) is 29.6. The van der Waals surface area contributed by atoms with E-state index in [0.29, 0.717) is 41.8 Å². The van der Waals surface area contributed by atoms with Crippen molar-refractivity contribution < 1.29 is 44.7 Å². The Morgan fingerprint density at radius 3 is 2.37 bits per heavy atom. The van der Waals surface area contributed by atoms with Gasteiger partial charge in [0.25, 0.3) is 10.0 Å². The quantitative estimate of drug-likeness (QED) is 0.241. The van der Waals surface area contributed by atoms with Crippen LogP contribution in [0.1, 0.15) is 0 Å². The smallest absolute Gasteiger partial charge is 0.479 e. The van der Waals surface area contributed by atoms with Crippen LogP contribution in [0.25, 0.3) is 22.2 Å². The van der Waals surface area contributed by atoms with Gasteiger partial charge in [-0.05, 0) is 30.3 Å². The van der Waals surface area contributed by atoms with E-state index in [2.05, 4.69) is 30.0 Å². The van der Waals surface area contributed by atoms with Gasteiger partial charge in [-0.25, -0.2) is 28.5 Å². The van der Waals surface area contributed by atoms with Gasteiger partial charge in [0.05, 0.1) is 7.11 Å². The summed E-state index contributed by atoms with van der Waals surface area (Å²) in [6.45, 7) is 2.90. The van der Waals surface area contributed by atoms with Crippen molar-refractivity contribution >= 4 is 38.4 Å². The molecule has 0 amide bonds. The van der Waals surface area contributed by atoms with E-state index in [9.17, 15) is 35.2 Å². The number of hydrogen-bond acceptors (Lipinski definition) is 10. The summed E-state index contributed by atoms with van der Waals surface area (Å²) in [7, 11) is -4.42. The van der Waals surface area contributed by atoms with Gasteiger partial charge in [0.15, 0.2) is 11.3 Å². The SMILES string of the molecule is COc1ncc(-c2cnc3nccc(N4CCNCC4)c3c2)cc1N(OC(=O)C(F)(F)F)S(=O)(=O)c1ccc(F)cc1F. The maximum absolute atomic E-state index is 14.6. The number of nitrogens with one attached hydrogen (secondary N) is 1. The molecule has 1 saturated heterocycles. The number of nitrogens with zero attached hydrogens (tertiary/aromatic N) is 5. The number of fused-ring (bicyclic) bond motifs is 1. The van der Waals surface area contributed by atoms with Crippen LogP contribution in [0.4, 0.5) is 33.3 Å². The molecule has 226 valence electrons. The van der Waals surface area contributed by atoms with Crippen LogP contribution in [0.5, 0.6) is 5.88 Å². The van der Waals surface area contributed by atoms with E-state index < -0.39 is 54.7 Å². The van der Waals surface area contributed by atoms with Crippen LogP contribution < -0.4 is 19.4 Å². The molecule has 1 aromatic carbocycles. The van der Waals surface area contributed by atoms with E-state index in [-0.39, 0.29) is 11.6 Å². The standard InChI is InChI=1S/C26H21F5N6O5S/c1-41-24-21(37(42-25(38)26(29,30)31)43(39,40)22-3-2-17(27)12-19(22)28)11-16(14-35-24)15-10-18-20(36-8-6-32-7-9-36)4-5-33-23(18)34-13-15/h2-5,10-14,32H,6-9H2,1H3. The molecule has 0 aliphatic carbocycles. The summed E-state index contributed by atoms with van der Waals surface area (Å²) < 4.78 is 99.2. The first-order chi connectivity index (χ1) is 20.4. The molecule has 0 unspecified atom stereocenters. The van der Waals surface area contributed by atoms with Gasteiger partial charge >= 0.3 is 12.1 Å². The number of carbonyl (C=O) groups excluding carboxylic acids is 1. The minimum absolute atomic E-state index is 0.114. The Bertz CT molecular complexity index is 1800. The molecule has 1 aliphatic rings. The number of sulfonamides is 1. The van der Waals surface area contributed by atoms with Crippen LogP contribution in [0, 0.1) is 11.6 Å². The zero-order valence-corrected chi connectivity index (χ0v) is 22.9. The number of halogens is 5. The molecular formula is C26H21F5N6O5S. The van der Waals surface area contributed by atoms with Crippen molar-refractivity contribution in [3.8, 4) is 17.0 Å². The third kappa shape index (κ3) is 5.98. The van der Waals surface area contributed by atoms with E-state index >= 15 is 0 Å². The molecule has 5 rings (SSSR count). The molecule has 0 radical (unpaired) electrons. The van der Waals surface area contributed by atoms with Crippen LogP contribution in [-0.4, -0.2) is 68.8 Å². The monoisotopic (exact) mass is 624 g/mol. The fraction of sp³-hybridized carbons (Fsp3) is 0.231. The van der Waals surface area contributed by atoms with Crippen molar-refractivity contribution in [3.63, 3.8) is 0 Å². The zero-order valence-electron chi connectivity index (χ0n) is 22.1. The van der Waals surface area contributed by atoms with Crippen LogP contribution in [-0.2, 0) is 19.7 Å². The first kappa shape index (κ1) is 29.8. The number of rotatable bonds is 7. The Morgan fingerprint density at radius 2 is 1.70 bits per heavy atom. The lowest BCUT2D eigenvalue weighted by atomic mass is 10.1. The molecule has 1 fully saturated rings. The van der Waals surface area contributed by atoms with E-state index in [1.807, 2.05) is 0 Å². The van der Waals surface area contributed by atoms with Gasteiger partial charge in [-0.2, -0.15) is 21.6 Å². The summed E-state index contributed by atoms with van der Waals surface area (Å²) in [6.07, 6.45) is -1.44. The largest absolute Gasteiger partial charge is 0.493 e. The first-order valence-corrected chi connectivity index (χ1v) is 13.9. The van der Waals surface area contributed by atoms with Gasteiger partial charge in [-0.3, -0.25) is 0 Å². The van der Waals surface area contributed by atoms with Crippen LogP contribution in [0.3, 0.4) is 0 Å². The average molecular weight is 625 g/mol. The van der Waals surface area contributed by atoms with E-state index in [1.165, 1.54) is 12.4 Å². The fourth-order valence-corrected chi connectivity index (χ4v) is 5.65. The minimum Gasteiger partial charge on any atom is -0.479 e. The Labute approximate surface area is 240 Å². The van der Waals surface area contributed by atoms with E-state index in [1.54, 1.807) is 18.3 Å². The summed E-state index contributed by atoms with van der Waals surface area (Å²) in [6, 6.07) is 5.73. The van der Waals surface area contributed by atoms with Crippen molar-refractivity contribution in [1.29, 1.82) is 0 Å². The number of alkyl halides is 3. The van der Waals surface area contributed by atoms with Gasteiger partial charge in [0, 0.05) is 73.0 Å². The van der Waals surface area contributed by atoms with Crippen LogP contribution in [0.15, 0.2) is 59.9 Å². The molecule has 0 saturated carbocycles. The lowest BCUT2D eigenvalue weighted by Crippen LogP contribution is -2.43. The van der Waals surface area contributed by atoms with Gasteiger partial charge < -0.3 is 19.8 Å². The molecule has 17 heteroatoms. The fourth-order valence-electron chi connectivity index (χ4n) is 4.37. The topological polar surface area (TPSA) is 127 Å². The summed E-state index contributed by atoms with van der Waals surface area (Å²) in [5.41, 5.74) is 0.855. The zero-order chi connectivity index (χ0) is 30.9. The Hall–Kier alpha value is -4.64. The summed E-state index contributed by atoms with van der Waals surface area (Å²) >= 11 is 0. The average Bonchev–Trinajstić information content (AvgIpc) is 2.98. The molecule has 1 aliphatic heterocycles. The second-order valence-corrected chi connectivity index (χ2v) is 10.8. The number of benzene rings is 1. The van der Waals surface area contributed by atoms with E-state index in [4.69, 9.17) is 4.74 Å². The third-order valence-corrected chi connectivity index (χ3v) is 7.97. The molecule has 0 bridgehead atoms. The predicted molar refractivity (Wildman–Crippen MR) is 143 cm³/mol. The number of hydrogen-bond donors (Lipinski definition) is 1. The highest BCUT2D eigenvalue weighted by Gasteiger charge is 2.46. The highest BCUT2D eigenvalue weighted by molar-refractivity contribution is 7.92. The molecule has 0 atom stereocenters. The van der Waals surface area contributed by atoms with Crippen LogP contribution in [0.2, 0.25) is 0 Å². The lowest BCUT2D eigenvalue weighted by Gasteiger charge is -2.30. The number of anilines is 2. The normalized spacial score (nSPS) is 14.0. The molecule has 0 spiro atoms. The minimum atomic E-state index is -5.65. The Morgan fingerprint density at radius 1 is 1.00 bits per heavy atom. The molecular weight excluding hydrogens is 603 g/mol. The molecule has 1 N–H and O–H groups in total. The van der Waals surface area contributed by atoms with Crippen molar-refractivity contribution in [2.75, 3.05) is 42.7 Å². The molecule has 11 nitrogen and oxygen atoms in total. The number of ether oxygens (including phenoxy) is 1. The van der Waals surface area contributed by atoms with Crippen molar-refractivity contribution in [2.45, 2.75) is 11.1 Å². The maximum atomic E-state index is 14.6. The predicted octanol–water partition coefficient (Wildman–Crippen LogP) is 3.60. The van der Waals surface area contributed by atoms with E-state index in [0.717, 1.165) is 32.0 Å². The highest BCUT2D eigenvalue weighted by Crippen LogP contribution is 2.37. The second kappa shape index (κ2) is 11.6. The van der Waals surface area contributed by atoms with Crippen molar-refractivity contribution in [3.05, 3.63) is 66.6 Å². The number of piperazine rings is 1. The van der Waals surface area contributed by atoms with Crippen molar-refractivity contribution in [1.82, 2.24) is 20.3 Å². The number of aromatic nitrogens is 3. The number of pyridine rings is 3. The molecule has 43 heavy (non-hydrogen) atoms. The number of methoxy groups -OCH3 is 1. The maximum Gasteiger partial charge on any atom is 0.493 e. The van der Waals surface area contributed by atoms with Gasteiger partial charge in [-0.15, -0.1) is 0 Å². The first-order valence-electron chi connectivity index (χ1n) is 12.4. The highest BCUT2D eigenvalue weighted by atomic mass is 32.2. The third-order valence-electron chi connectivity index (χ3n) is 6.37.